The Balaban J connectivity index is 1.58. The average Bonchev–Trinajstić information content (AvgIpc) is 3.42. The predicted molar refractivity (Wildman–Crippen MR) is 143 cm³/mol. The van der Waals surface area contributed by atoms with Gasteiger partial charge in [0.2, 0.25) is 5.91 Å². The van der Waals surface area contributed by atoms with E-state index in [1.165, 1.54) is 12.1 Å². The number of carbonyl (C=O) groups excluding carboxylic acids is 2. The van der Waals surface area contributed by atoms with Crippen LogP contribution in [-0.4, -0.2) is 46.0 Å². The van der Waals surface area contributed by atoms with Crippen molar-refractivity contribution in [3.8, 4) is 0 Å². The summed E-state index contributed by atoms with van der Waals surface area (Å²) in [5.74, 6) is -0.908. The molecule has 194 valence electrons. The minimum absolute atomic E-state index is 0.0139. The van der Waals surface area contributed by atoms with Gasteiger partial charge in [-0.05, 0) is 68.1 Å². The van der Waals surface area contributed by atoms with Crippen molar-refractivity contribution in [2.45, 2.75) is 37.7 Å². The van der Waals surface area contributed by atoms with E-state index >= 15 is 0 Å². The smallest absolute Gasteiger partial charge is 0.264 e. The van der Waals surface area contributed by atoms with E-state index in [-0.39, 0.29) is 22.5 Å². The quantitative estimate of drug-likeness (QED) is 0.442. The molecule has 9 heteroatoms. The highest BCUT2D eigenvalue weighted by Gasteiger charge is 2.29. The third-order valence-corrected chi connectivity index (χ3v) is 7.99. The second kappa shape index (κ2) is 11.6. The monoisotopic (exact) mass is 521 g/mol. The van der Waals surface area contributed by atoms with E-state index in [1.807, 2.05) is 19.1 Å². The van der Waals surface area contributed by atoms with Gasteiger partial charge in [0.15, 0.2) is 0 Å². The van der Waals surface area contributed by atoms with Crippen LogP contribution < -0.4 is 14.9 Å². The second-order valence-electron chi connectivity index (χ2n) is 9.05. The Hall–Kier alpha value is -3.69. The number of para-hydroxylation sites is 1. The van der Waals surface area contributed by atoms with Gasteiger partial charge < -0.3 is 15.4 Å². The van der Waals surface area contributed by atoms with Crippen LogP contribution in [0.4, 0.5) is 11.4 Å². The molecule has 0 radical (unpaired) electrons. The summed E-state index contributed by atoms with van der Waals surface area (Å²) in [5, 5.41) is 5.60. The first-order valence-corrected chi connectivity index (χ1v) is 13.6. The topological polar surface area (TPSA) is 105 Å². The molecule has 0 saturated carbocycles. The van der Waals surface area contributed by atoms with Crippen molar-refractivity contribution in [1.82, 2.24) is 5.32 Å². The van der Waals surface area contributed by atoms with E-state index in [0.717, 1.165) is 22.7 Å². The van der Waals surface area contributed by atoms with Crippen molar-refractivity contribution in [1.29, 1.82) is 0 Å². The van der Waals surface area contributed by atoms with Crippen molar-refractivity contribution in [3.63, 3.8) is 0 Å². The van der Waals surface area contributed by atoms with Gasteiger partial charge in [-0.15, -0.1) is 0 Å². The molecular weight excluding hydrogens is 490 g/mol. The fraction of sp³-hybridized carbons (Fsp3) is 0.286. The lowest BCUT2D eigenvalue weighted by Crippen LogP contribution is -2.39. The number of nitrogens with zero attached hydrogens (tertiary/aromatic N) is 1. The molecule has 8 nitrogen and oxygen atoms in total. The molecule has 3 aromatic carbocycles. The van der Waals surface area contributed by atoms with Gasteiger partial charge in [0.25, 0.3) is 15.9 Å². The van der Waals surface area contributed by atoms with Crippen LogP contribution in [0.1, 0.15) is 34.3 Å². The molecule has 0 aromatic heterocycles. The molecule has 1 atom stereocenters. The minimum atomic E-state index is -4.05. The van der Waals surface area contributed by atoms with Gasteiger partial charge in [-0.3, -0.25) is 13.9 Å². The number of rotatable bonds is 9. The fourth-order valence-corrected chi connectivity index (χ4v) is 5.72. The van der Waals surface area contributed by atoms with Crippen molar-refractivity contribution in [3.05, 3.63) is 89.5 Å². The lowest BCUT2D eigenvalue weighted by Gasteiger charge is -2.26. The van der Waals surface area contributed by atoms with Crippen LogP contribution in [0, 0.1) is 13.8 Å². The molecule has 0 spiro atoms. The maximum absolute atomic E-state index is 13.6. The number of ether oxygens (including phenoxy) is 1. The molecule has 2 N–H and O–H groups in total. The van der Waals surface area contributed by atoms with Crippen molar-refractivity contribution >= 4 is 33.2 Å². The lowest BCUT2D eigenvalue weighted by molar-refractivity contribution is -0.114. The molecule has 0 bridgehead atoms. The van der Waals surface area contributed by atoms with Gasteiger partial charge in [-0.2, -0.15) is 0 Å². The molecule has 0 unspecified atom stereocenters. The maximum atomic E-state index is 13.6. The number of hydrogen-bond acceptors (Lipinski definition) is 5. The molecule has 1 heterocycles. The Kier molecular flexibility index (Phi) is 8.25. The summed E-state index contributed by atoms with van der Waals surface area (Å²) in [6.07, 6.45) is 1.85. The molecule has 1 aliphatic heterocycles. The van der Waals surface area contributed by atoms with Gasteiger partial charge in [-0.25, -0.2) is 8.42 Å². The van der Waals surface area contributed by atoms with Gasteiger partial charge in [-0.1, -0.05) is 42.5 Å². The van der Waals surface area contributed by atoms with E-state index in [9.17, 15) is 18.0 Å². The zero-order chi connectivity index (χ0) is 26.4. The van der Waals surface area contributed by atoms with Crippen LogP contribution in [0.25, 0.3) is 0 Å². The molecular formula is C28H31N3O5S. The first-order valence-electron chi connectivity index (χ1n) is 12.2. The largest absolute Gasteiger partial charge is 0.376 e. The molecule has 1 saturated heterocycles. The lowest BCUT2D eigenvalue weighted by atomic mass is 10.1. The number of carbonyl (C=O) groups is 2. The first kappa shape index (κ1) is 26.4. The maximum Gasteiger partial charge on any atom is 0.264 e. The van der Waals surface area contributed by atoms with Crippen LogP contribution in [0.5, 0.6) is 0 Å². The van der Waals surface area contributed by atoms with Crippen molar-refractivity contribution in [2.24, 2.45) is 0 Å². The third kappa shape index (κ3) is 6.36. The van der Waals surface area contributed by atoms with E-state index in [4.69, 9.17) is 4.74 Å². The van der Waals surface area contributed by atoms with Gasteiger partial charge in [0.05, 0.1) is 27.9 Å². The highest BCUT2D eigenvalue weighted by Crippen LogP contribution is 2.28. The SMILES string of the molecule is Cc1ccc(C)c(N(CC(=O)Nc2ccccc2C(=O)NC[C@H]2CCCO2)S(=O)(=O)c2ccccc2)c1. The molecule has 1 aliphatic rings. The van der Waals surface area contributed by atoms with Crippen LogP contribution in [0.3, 0.4) is 0 Å². The van der Waals surface area contributed by atoms with Crippen molar-refractivity contribution < 1.29 is 22.7 Å². The first-order chi connectivity index (χ1) is 17.8. The molecule has 3 aromatic rings. The normalized spacial score (nSPS) is 15.2. The Morgan fingerprint density at radius 3 is 2.46 bits per heavy atom. The standard InChI is InChI=1S/C28H31N3O5S/c1-20-14-15-21(2)26(17-20)31(37(34,35)23-10-4-3-5-11-23)19-27(32)30-25-13-7-6-12-24(25)28(33)29-18-22-9-8-16-36-22/h3-7,10-15,17,22H,8-9,16,18-19H2,1-2H3,(H,29,33)(H,30,32)/t22-/m1/s1. The Morgan fingerprint density at radius 1 is 1.00 bits per heavy atom. The minimum Gasteiger partial charge on any atom is -0.376 e. The molecule has 2 amide bonds. The summed E-state index contributed by atoms with van der Waals surface area (Å²) in [4.78, 5) is 26.2. The summed E-state index contributed by atoms with van der Waals surface area (Å²) < 4.78 is 34.0. The highest BCUT2D eigenvalue weighted by molar-refractivity contribution is 7.92. The van der Waals surface area contributed by atoms with Crippen LogP contribution >= 0.6 is 0 Å². The van der Waals surface area contributed by atoms with Crippen LogP contribution in [0.15, 0.2) is 77.7 Å². The van der Waals surface area contributed by atoms with Gasteiger partial charge >= 0.3 is 0 Å². The Bertz CT molecular complexity index is 1370. The number of sulfonamides is 1. The number of hydrogen-bond donors (Lipinski definition) is 2. The fourth-order valence-electron chi connectivity index (χ4n) is 4.22. The van der Waals surface area contributed by atoms with E-state index in [1.54, 1.807) is 55.5 Å². The van der Waals surface area contributed by atoms with Crippen LogP contribution in [-0.2, 0) is 19.6 Å². The van der Waals surface area contributed by atoms with E-state index in [2.05, 4.69) is 10.6 Å². The Morgan fingerprint density at radius 2 is 1.73 bits per heavy atom. The molecule has 0 aliphatic carbocycles. The van der Waals surface area contributed by atoms with E-state index < -0.39 is 22.5 Å². The number of amides is 2. The zero-order valence-corrected chi connectivity index (χ0v) is 21.8. The number of benzene rings is 3. The predicted octanol–water partition coefficient (Wildman–Crippen LogP) is 4.05. The van der Waals surface area contributed by atoms with Crippen LogP contribution in [0.2, 0.25) is 0 Å². The zero-order valence-electron chi connectivity index (χ0n) is 20.9. The van der Waals surface area contributed by atoms with Crippen molar-refractivity contribution in [2.75, 3.05) is 29.3 Å². The third-order valence-electron chi connectivity index (χ3n) is 6.21. The second-order valence-corrected chi connectivity index (χ2v) is 10.9. The molecule has 4 rings (SSSR count). The molecule has 1 fully saturated rings. The summed E-state index contributed by atoms with van der Waals surface area (Å²) in [6, 6.07) is 20.1. The van der Waals surface area contributed by atoms with Gasteiger partial charge in [0, 0.05) is 13.2 Å². The number of nitrogens with one attached hydrogen (secondary N) is 2. The Labute approximate surface area is 217 Å². The molecule has 37 heavy (non-hydrogen) atoms. The number of aryl methyl sites for hydroxylation is 2. The number of anilines is 2. The average molecular weight is 522 g/mol. The highest BCUT2D eigenvalue weighted by atomic mass is 32.2. The summed E-state index contributed by atoms with van der Waals surface area (Å²) in [5.41, 5.74) is 2.59. The summed E-state index contributed by atoms with van der Waals surface area (Å²) in [7, 11) is -4.05. The van der Waals surface area contributed by atoms with Gasteiger partial charge in [0.1, 0.15) is 6.54 Å². The van der Waals surface area contributed by atoms with E-state index in [0.29, 0.717) is 30.1 Å². The summed E-state index contributed by atoms with van der Waals surface area (Å²) in [6.45, 7) is 4.27. The summed E-state index contributed by atoms with van der Waals surface area (Å²) >= 11 is 0.